The van der Waals surface area contributed by atoms with Gasteiger partial charge in [0.2, 0.25) is 5.91 Å². The lowest BCUT2D eigenvalue weighted by Crippen LogP contribution is -2.40. The van der Waals surface area contributed by atoms with Crippen molar-refractivity contribution in [2.45, 2.75) is 45.6 Å². The second kappa shape index (κ2) is 12.1. The molecule has 0 saturated carbocycles. The highest BCUT2D eigenvalue weighted by Crippen LogP contribution is 2.22. The average molecular weight is 447 g/mol. The summed E-state index contributed by atoms with van der Waals surface area (Å²) in [6, 6.07) is 12.9. The number of hydrogen-bond donors (Lipinski definition) is 1. The summed E-state index contributed by atoms with van der Waals surface area (Å²) < 4.78 is 19.8. The van der Waals surface area contributed by atoms with Crippen molar-refractivity contribution in [1.29, 1.82) is 0 Å². The van der Waals surface area contributed by atoms with E-state index in [1.165, 1.54) is 11.6 Å². The van der Waals surface area contributed by atoms with Crippen molar-refractivity contribution in [3.8, 4) is 5.75 Å². The number of rotatable bonds is 10. The van der Waals surface area contributed by atoms with Crippen LogP contribution in [0.25, 0.3) is 0 Å². The van der Waals surface area contributed by atoms with Gasteiger partial charge in [0, 0.05) is 29.6 Å². The second-order valence-corrected chi connectivity index (χ2v) is 8.57. The molecule has 168 valence electrons. The highest BCUT2D eigenvalue weighted by molar-refractivity contribution is 6.30. The zero-order valence-corrected chi connectivity index (χ0v) is 19.0. The van der Waals surface area contributed by atoms with Gasteiger partial charge >= 0.3 is 0 Å². The molecular formula is C25H32ClFN2O2. The molecule has 0 spiro atoms. The molecule has 0 bridgehead atoms. The maximum atomic E-state index is 14.0. The van der Waals surface area contributed by atoms with E-state index in [2.05, 4.69) is 23.2 Å². The third-order valence-electron chi connectivity index (χ3n) is 5.72. The summed E-state index contributed by atoms with van der Waals surface area (Å²) in [6.45, 7) is 5.62. The number of nitrogens with one attached hydrogen (secondary N) is 1. The number of aryl methyl sites for hydroxylation is 1. The highest BCUT2D eigenvalue weighted by Gasteiger charge is 2.25. The Labute approximate surface area is 189 Å². The van der Waals surface area contributed by atoms with Crippen LogP contribution in [-0.2, 0) is 17.8 Å². The molecule has 31 heavy (non-hydrogen) atoms. The molecule has 6 heteroatoms. The minimum atomic E-state index is -0.269. The molecule has 1 heterocycles. The number of ether oxygens (including phenoxy) is 1. The number of carbonyl (C=O) groups excluding carboxylic acids is 1. The molecule has 1 fully saturated rings. The van der Waals surface area contributed by atoms with E-state index >= 15 is 0 Å². The quantitative estimate of drug-likeness (QED) is 0.508. The van der Waals surface area contributed by atoms with Crippen LogP contribution in [0, 0.1) is 11.7 Å². The molecule has 1 amide bonds. The Hall–Kier alpha value is -2.11. The van der Waals surface area contributed by atoms with E-state index in [4.69, 9.17) is 16.3 Å². The summed E-state index contributed by atoms with van der Waals surface area (Å²) in [5.74, 6) is 0.841. The number of carbonyl (C=O) groups is 1. The minimum Gasteiger partial charge on any atom is -0.493 e. The predicted octanol–water partition coefficient (Wildman–Crippen LogP) is 5.23. The number of nitrogens with zero attached hydrogens (tertiary/aromatic N) is 1. The van der Waals surface area contributed by atoms with Crippen molar-refractivity contribution in [2.75, 3.05) is 26.2 Å². The maximum absolute atomic E-state index is 14.0. The monoisotopic (exact) mass is 446 g/mol. The molecule has 2 aromatic rings. The molecule has 1 saturated heterocycles. The smallest absolute Gasteiger partial charge is 0.223 e. The van der Waals surface area contributed by atoms with Gasteiger partial charge in [-0.15, -0.1) is 0 Å². The highest BCUT2D eigenvalue weighted by atomic mass is 35.5. The van der Waals surface area contributed by atoms with Gasteiger partial charge in [0.25, 0.3) is 0 Å². The van der Waals surface area contributed by atoms with Gasteiger partial charge in [-0.25, -0.2) is 4.39 Å². The molecule has 2 aromatic carbocycles. The molecule has 0 aliphatic carbocycles. The second-order valence-electron chi connectivity index (χ2n) is 8.14. The Morgan fingerprint density at radius 1 is 1.19 bits per heavy atom. The van der Waals surface area contributed by atoms with E-state index in [0.717, 1.165) is 57.6 Å². The van der Waals surface area contributed by atoms with Gasteiger partial charge in [-0.05, 0) is 69.0 Å². The lowest BCUT2D eigenvalue weighted by Gasteiger charge is -2.31. The van der Waals surface area contributed by atoms with Crippen LogP contribution in [0.5, 0.6) is 5.75 Å². The number of amides is 1. The number of benzene rings is 2. The van der Waals surface area contributed by atoms with Crippen LogP contribution in [0.15, 0.2) is 42.5 Å². The zero-order valence-electron chi connectivity index (χ0n) is 18.2. The lowest BCUT2D eigenvalue weighted by molar-refractivity contribution is -0.126. The number of likely N-dealkylation sites (tertiary alicyclic amines) is 1. The number of hydrogen-bond acceptors (Lipinski definition) is 3. The molecule has 3 rings (SSSR count). The van der Waals surface area contributed by atoms with Crippen LogP contribution in [-0.4, -0.2) is 37.0 Å². The average Bonchev–Trinajstić information content (AvgIpc) is 2.78. The molecular weight excluding hydrogens is 415 g/mol. The van der Waals surface area contributed by atoms with Crippen molar-refractivity contribution in [3.05, 3.63) is 64.4 Å². The minimum absolute atomic E-state index is 0.0338. The molecule has 4 nitrogen and oxygen atoms in total. The fourth-order valence-electron chi connectivity index (χ4n) is 3.94. The van der Waals surface area contributed by atoms with Crippen molar-refractivity contribution < 1.29 is 13.9 Å². The number of para-hydroxylation sites is 1. The molecule has 1 aliphatic rings. The number of halogens is 2. The van der Waals surface area contributed by atoms with E-state index in [-0.39, 0.29) is 17.6 Å². The molecule has 1 aliphatic heterocycles. The summed E-state index contributed by atoms with van der Waals surface area (Å²) in [5.41, 5.74) is 1.84. The van der Waals surface area contributed by atoms with Gasteiger partial charge in [0.1, 0.15) is 11.6 Å². The van der Waals surface area contributed by atoms with Gasteiger partial charge < -0.3 is 10.1 Å². The first kappa shape index (κ1) is 23.6. The van der Waals surface area contributed by atoms with Crippen molar-refractivity contribution >= 4 is 17.5 Å². The standard InChI is InChI=1S/C25H32ClFN2O2/c1-2-16-31-24-8-4-3-6-19(24)7-5-13-28-25(30)20-11-14-29(15-12-20)18-21-9-10-22(26)17-23(21)27/h3-4,6,8-10,17,20H,2,5,7,11-16,18H2,1H3,(H,28,30). The number of piperidine rings is 1. The molecule has 0 unspecified atom stereocenters. The predicted molar refractivity (Wildman–Crippen MR) is 123 cm³/mol. The van der Waals surface area contributed by atoms with Crippen LogP contribution in [0.4, 0.5) is 4.39 Å². The van der Waals surface area contributed by atoms with Gasteiger partial charge in [-0.1, -0.05) is 42.8 Å². The van der Waals surface area contributed by atoms with Crippen LogP contribution in [0.2, 0.25) is 5.02 Å². The normalized spacial score (nSPS) is 15.1. The van der Waals surface area contributed by atoms with E-state index in [1.54, 1.807) is 12.1 Å². The third kappa shape index (κ3) is 7.22. The largest absolute Gasteiger partial charge is 0.493 e. The topological polar surface area (TPSA) is 41.6 Å². The van der Waals surface area contributed by atoms with E-state index in [1.807, 2.05) is 18.2 Å². The SMILES string of the molecule is CCCOc1ccccc1CCCNC(=O)C1CCN(Cc2ccc(Cl)cc2F)CC1. The van der Waals surface area contributed by atoms with Crippen molar-refractivity contribution in [2.24, 2.45) is 5.92 Å². The van der Waals surface area contributed by atoms with Crippen LogP contribution in [0.1, 0.15) is 43.7 Å². The van der Waals surface area contributed by atoms with Crippen molar-refractivity contribution in [3.63, 3.8) is 0 Å². The van der Waals surface area contributed by atoms with Gasteiger partial charge in [-0.3, -0.25) is 9.69 Å². The molecule has 0 atom stereocenters. The first-order chi connectivity index (χ1) is 15.1. The Bertz CT molecular complexity index is 853. The van der Waals surface area contributed by atoms with E-state index < -0.39 is 0 Å². The van der Waals surface area contributed by atoms with Gasteiger partial charge in [0.05, 0.1) is 6.61 Å². The zero-order chi connectivity index (χ0) is 22.1. The van der Waals surface area contributed by atoms with E-state index in [9.17, 15) is 9.18 Å². The Morgan fingerprint density at radius 2 is 1.97 bits per heavy atom. The van der Waals surface area contributed by atoms with Gasteiger partial charge in [0.15, 0.2) is 0 Å². The first-order valence-electron chi connectivity index (χ1n) is 11.2. The Kier molecular flexibility index (Phi) is 9.16. The van der Waals surface area contributed by atoms with Gasteiger partial charge in [-0.2, -0.15) is 0 Å². The van der Waals surface area contributed by atoms with Crippen LogP contribution in [0.3, 0.4) is 0 Å². The fraction of sp³-hybridized carbons (Fsp3) is 0.480. The van der Waals surface area contributed by atoms with Crippen LogP contribution < -0.4 is 10.1 Å². The fourth-order valence-corrected chi connectivity index (χ4v) is 4.10. The summed E-state index contributed by atoms with van der Waals surface area (Å²) in [6.07, 6.45) is 4.35. The Morgan fingerprint density at radius 3 is 2.71 bits per heavy atom. The van der Waals surface area contributed by atoms with Crippen LogP contribution >= 0.6 is 11.6 Å². The van der Waals surface area contributed by atoms with E-state index in [0.29, 0.717) is 23.7 Å². The summed E-state index contributed by atoms with van der Waals surface area (Å²) in [4.78, 5) is 14.7. The summed E-state index contributed by atoms with van der Waals surface area (Å²) in [7, 11) is 0. The molecule has 0 radical (unpaired) electrons. The van der Waals surface area contributed by atoms with Crippen molar-refractivity contribution in [1.82, 2.24) is 10.2 Å². The third-order valence-corrected chi connectivity index (χ3v) is 5.96. The molecule has 1 N–H and O–H groups in total. The maximum Gasteiger partial charge on any atom is 0.223 e. The summed E-state index contributed by atoms with van der Waals surface area (Å²) >= 11 is 5.82. The Balaban J connectivity index is 1.37. The summed E-state index contributed by atoms with van der Waals surface area (Å²) in [5, 5.41) is 3.50. The lowest BCUT2D eigenvalue weighted by atomic mass is 9.95. The molecule has 0 aromatic heterocycles. The first-order valence-corrected chi connectivity index (χ1v) is 11.6.